The summed E-state index contributed by atoms with van der Waals surface area (Å²) < 4.78 is 12.7. The van der Waals surface area contributed by atoms with E-state index in [0.29, 0.717) is 18.1 Å². The summed E-state index contributed by atoms with van der Waals surface area (Å²) in [5, 5.41) is 12.0. The zero-order valence-electron chi connectivity index (χ0n) is 11.9. The van der Waals surface area contributed by atoms with Crippen LogP contribution in [-0.4, -0.2) is 29.4 Å². The summed E-state index contributed by atoms with van der Waals surface area (Å²) in [6.45, 7) is 4.08. The van der Waals surface area contributed by atoms with Gasteiger partial charge in [-0.3, -0.25) is 4.79 Å². The summed E-state index contributed by atoms with van der Waals surface area (Å²) in [5.74, 6) is 0.754. The Balaban J connectivity index is 2.27. The number of carbonyl (C=O) groups excluding carboxylic acids is 1. The average Bonchev–Trinajstić information content (AvgIpc) is 2.39. The summed E-state index contributed by atoms with van der Waals surface area (Å²) in [5.41, 5.74) is 0. The van der Waals surface area contributed by atoms with Crippen LogP contribution in [-0.2, 0) is 4.79 Å². The lowest BCUT2D eigenvalue weighted by molar-refractivity contribution is -0.121. The predicted octanol–water partition coefficient (Wildman–Crippen LogP) is 2.83. The Morgan fingerprint density at radius 2 is 2.00 bits per heavy atom. The van der Waals surface area contributed by atoms with Gasteiger partial charge in [-0.2, -0.15) is 0 Å². The maximum atomic E-state index is 12.7. The van der Waals surface area contributed by atoms with Crippen molar-refractivity contribution in [2.24, 2.45) is 5.92 Å². The summed E-state index contributed by atoms with van der Waals surface area (Å²) in [6, 6.07) is 6.05. The fraction of sp³-hybridized carbons (Fsp3) is 0.533. The Morgan fingerprint density at radius 3 is 2.55 bits per heavy atom. The van der Waals surface area contributed by atoms with Crippen molar-refractivity contribution in [2.45, 2.75) is 37.6 Å². The monoisotopic (exact) mass is 299 g/mol. The van der Waals surface area contributed by atoms with E-state index in [1.165, 1.54) is 23.9 Å². The van der Waals surface area contributed by atoms with Gasteiger partial charge in [-0.15, -0.1) is 11.8 Å². The van der Waals surface area contributed by atoms with Crippen LogP contribution in [0.4, 0.5) is 4.39 Å². The third kappa shape index (κ3) is 6.91. The summed E-state index contributed by atoms with van der Waals surface area (Å²) in [4.78, 5) is 12.7. The minimum Gasteiger partial charge on any atom is -0.394 e. The van der Waals surface area contributed by atoms with Crippen LogP contribution in [0.2, 0.25) is 0 Å². The smallest absolute Gasteiger partial charge is 0.221 e. The van der Waals surface area contributed by atoms with E-state index < -0.39 is 0 Å². The van der Waals surface area contributed by atoms with Crippen molar-refractivity contribution >= 4 is 17.7 Å². The Morgan fingerprint density at radius 1 is 1.35 bits per heavy atom. The molecule has 0 heterocycles. The molecule has 1 atom stereocenters. The molecule has 1 aromatic carbocycles. The van der Waals surface area contributed by atoms with Gasteiger partial charge in [-0.1, -0.05) is 13.8 Å². The van der Waals surface area contributed by atoms with Crippen molar-refractivity contribution in [2.75, 3.05) is 12.4 Å². The summed E-state index contributed by atoms with van der Waals surface area (Å²) in [6.07, 6.45) is 1.16. The molecule has 20 heavy (non-hydrogen) atoms. The third-order valence-electron chi connectivity index (χ3n) is 2.75. The van der Waals surface area contributed by atoms with E-state index in [4.69, 9.17) is 0 Å². The molecule has 0 spiro atoms. The Kier molecular flexibility index (Phi) is 7.62. The fourth-order valence-corrected chi connectivity index (χ4v) is 2.69. The highest BCUT2D eigenvalue weighted by Crippen LogP contribution is 2.18. The molecule has 0 fully saturated rings. The number of benzene rings is 1. The van der Waals surface area contributed by atoms with Crippen LogP contribution < -0.4 is 5.32 Å². The van der Waals surface area contributed by atoms with E-state index in [-0.39, 0.29) is 24.4 Å². The first-order valence-corrected chi connectivity index (χ1v) is 7.78. The number of amides is 1. The Hall–Kier alpha value is -1.07. The largest absolute Gasteiger partial charge is 0.394 e. The van der Waals surface area contributed by atoms with Gasteiger partial charge in [0.05, 0.1) is 12.6 Å². The van der Waals surface area contributed by atoms with E-state index in [0.717, 1.165) is 11.3 Å². The topological polar surface area (TPSA) is 49.3 Å². The zero-order valence-corrected chi connectivity index (χ0v) is 12.8. The van der Waals surface area contributed by atoms with Crippen LogP contribution in [0, 0.1) is 11.7 Å². The Bertz CT molecular complexity index is 409. The molecule has 1 unspecified atom stereocenters. The maximum Gasteiger partial charge on any atom is 0.221 e. The number of aliphatic hydroxyl groups excluding tert-OH is 1. The average molecular weight is 299 g/mol. The normalized spacial score (nSPS) is 12.4. The first-order chi connectivity index (χ1) is 9.51. The molecule has 5 heteroatoms. The first-order valence-electron chi connectivity index (χ1n) is 6.80. The lowest BCUT2D eigenvalue weighted by Crippen LogP contribution is -2.38. The second-order valence-electron chi connectivity index (χ2n) is 5.13. The number of hydrogen-bond donors (Lipinski definition) is 2. The van der Waals surface area contributed by atoms with Crippen molar-refractivity contribution in [3.8, 4) is 0 Å². The van der Waals surface area contributed by atoms with Gasteiger partial charge in [0.15, 0.2) is 0 Å². The molecule has 1 aromatic rings. The number of carbonyl (C=O) groups is 1. The first kappa shape index (κ1) is 17.0. The number of aliphatic hydroxyl groups is 1. The summed E-state index contributed by atoms with van der Waals surface area (Å²) in [7, 11) is 0. The third-order valence-corrected chi connectivity index (χ3v) is 3.77. The van der Waals surface area contributed by atoms with Crippen molar-refractivity contribution in [1.29, 1.82) is 0 Å². The molecule has 0 radical (unpaired) electrons. The molecular weight excluding hydrogens is 277 g/mol. The number of hydrogen-bond acceptors (Lipinski definition) is 3. The quantitative estimate of drug-likeness (QED) is 0.726. The lowest BCUT2D eigenvalue weighted by atomic mass is 10.0. The molecule has 0 aliphatic heterocycles. The van der Waals surface area contributed by atoms with Gasteiger partial charge in [-0.05, 0) is 36.6 Å². The van der Waals surface area contributed by atoms with E-state index >= 15 is 0 Å². The highest BCUT2D eigenvalue weighted by atomic mass is 32.2. The second-order valence-corrected chi connectivity index (χ2v) is 6.30. The van der Waals surface area contributed by atoms with Gasteiger partial charge in [-0.25, -0.2) is 4.39 Å². The number of thioether (sulfide) groups is 1. The van der Waals surface area contributed by atoms with Gasteiger partial charge in [0.1, 0.15) is 5.82 Å². The van der Waals surface area contributed by atoms with Crippen LogP contribution in [0.5, 0.6) is 0 Å². The maximum absolute atomic E-state index is 12.7. The second kappa shape index (κ2) is 8.97. The van der Waals surface area contributed by atoms with Crippen LogP contribution in [0.25, 0.3) is 0 Å². The molecule has 1 rings (SSSR count). The number of rotatable bonds is 8. The van der Waals surface area contributed by atoms with Crippen molar-refractivity contribution < 1.29 is 14.3 Å². The molecule has 0 saturated carbocycles. The molecule has 0 aliphatic rings. The molecule has 0 aromatic heterocycles. The fourth-order valence-electron chi connectivity index (χ4n) is 1.84. The van der Waals surface area contributed by atoms with Crippen LogP contribution in [0.1, 0.15) is 26.7 Å². The summed E-state index contributed by atoms with van der Waals surface area (Å²) >= 11 is 1.52. The van der Waals surface area contributed by atoms with Gasteiger partial charge >= 0.3 is 0 Å². The van der Waals surface area contributed by atoms with Crippen LogP contribution in [0.3, 0.4) is 0 Å². The Labute approximate surface area is 124 Å². The highest BCUT2D eigenvalue weighted by molar-refractivity contribution is 7.99. The van der Waals surface area contributed by atoms with Crippen LogP contribution in [0.15, 0.2) is 29.2 Å². The molecule has 0 bridgehead atoms. The predicted molar refractivity (Wildman–Crippen MR) is 80.2 cm³/mol. The molecule has 3 nitrogen and oxygen atoms in total. The van der Waals surface area contributed by atoms with E-state index in [1.807, 2.05) is 0 Å². The minimum absolute atomic E-state index is 0.0327. The van der Waals surface area contributed by atoms with E-state index in [2.05, 4.69) is 19.2 Å². The molecule has 0 aliphatic carbocycles. The van der Waals surface area contributed by atoms with E-state index in [9.17, 15) is 14.3 Å². The zero-order chi connectivity index (χ0) is 15.0. The van der Waals surface area contributed by atoms with Crippen LogP contribution >= 0.6 is 11.8 Å². The standard InChI is InChI=1S/C15H22FNO2S/c1-11(2)9-13(10-18)17-15(19)7-8-20-14-5-3-12(16)4-6-14/h3-6,11,13,18H,7-10H2,1-2H3,(H,17,19). The van der Waals surface area contributed by atoms with Gasteiger partial charge in [0.25, 0.3) is 0 Å². The van der Waals surface area contributed by atoms with Gasteiger partial charge in [0.2, 0.25) is 5.91 Å². The molecule has 0 saturated heterocycles. The van der Waals surface area contributed by atoms with Crippen molar-refractivity contribution in [3.63, 3.8) is 0 Å². The molecule has 1 amide bonds. The molecule has 2 N–H and O–H groups in total. The lowest BCUT2D eigenvalue weighted by Gasteiger charge is -2.18. The highest BCUT2D eigenvalue weighted by Gasteiger charge is 2.12. The number of nitrogens with one attached hydrogen (secondary N) is 1. The molecule has 112 valence electrons. The SMILES string of the molecule is CC(C)CC(CO)NC(=O)CCSc1ccc(F)cc1. The minimum atomic E-state index is -0.258. The van der Waals surface area contributed by atoms with Crippen molar-refractivity contribution in [1.82, 2.24) is 5.32 Å². The molecular formula is C15H22FNO2S. The number of halogens is 1. The van der Waals surface area contributed by atoms with Crippen molar-refractivity contribution in [3.05, 3.63) is 30.1 Å². The van der Waals surface area contributed by atoms with Gasteiger partial charge in [0, 0.05) is 17.1 Å². The van der Waals surface area contributed by atoms with E-state index in [1.54, 1.807) is 12.1 Å². The van der Waals surface area contributed by atoms with Gasteiger partial charge < -0.3 is 10.4 Å².